The quantitative estimate of drug-likeness (QED) is 0.510. The fourth-order valence-corrected chi connectivity index (χ4v) is 1.65. The molecule has 2 aromatic heterocycles. The second-order valence-electron chi connectivity index (χ2n) is 3.39. The summed E-state index contributed by atoms with van der Waals surface area (Å²) >= 11 is 5.87. The van der Waals surface area contributed by atoms with E-state index in [-0.39, 0.29) is 16.5 Å². The third-order valence-electron chi connectivity index (χ3n) is 2.28. The van der Waals surface area contributed by atoms with Gasteiger partial charge in [-0.3, -0.25) is 4.98 Å². The number of halogens is 1. The average Bonchev–Trinajstić information content (AvgIpc) is 2.41. The molecule has 0 atom stereocenters. The Labute approximate surface area is 109 Å². The van der Waals surface area contributed by atoms with Crippen molar-refractivity contribution in [2.75, 3.05) is 0 Å². The number of aromatic nitrogens is 2. The van der Waals surface area contributed by atoms with E-state index < -0.39 is 0 Å². The van der Waals surface area contributed by atoms with Crippen LogP contribution < -0.4 is 0 Å². The molecule has 1 N–H and O–H groups in total. The smallest absolute Gasteiger partial charge is 0.145 e. The lowest BCUT2D eigenvalue weighted by molar-refractivity contribution is 0.513. The zero-order chi connectivity index (χ0) is 13.0. The Kier molecular flexibility index (Phi) is 3.56. The fraction of sp³-hybridized carbons (Fsp3) is 0. The van der Waals surface area contributed by atoms with Gasteiger partial charge in [0.2, 0.25) is 0 Å². The maximum atomic E-state index is 10.1. The predicted molar refractivity (Wildman–Crippen MR) is 68.5 cm³/mol. The van der Waals surface area contributed by atoms with E-state index in [1.807, 2.05) is 6.07 Å². The molecule has 0 saturated heterocycles. The van der Waals surface area contributed by atoms with Crippen LogP contribution in [0.5, 0.6) is 0 Å². The molecule has 0 amide bonds. The highest BCUT2D eigenvalue weighted by atomic mass is 35.5. The summed E-state index contributed by atoms with van der Waals surface area (Å²) in [5, 5.41) is 19.4. The minimum Gasteiger partial charge on any atom is -0.506 e. The Hall–Kier alpha value is -2.38. The van der Waals surface area contributed by atoms with Crippen LogP contribution in [-0.4, -0.2) is 15.1 Å². The van der Waals surface area contributed by atoms with E-state index in [4.69, 9.17) is 16.9 Å². The molecule has 2 heterocycles. The molecule has 5 heteroatoms. The summed E-state index contributed by atoms with van der Waals surface area (Å²) in [6, 6.07) is 10.2. The fourth-order valence-electron chi connectivity index (χ4n) is 1.44. The molecule has 0 radical (unpaired) electrons. The van der Waals surface area contributed by atoms with Crippen molar-refractivity contribution in [2.45, 2.75) is 0 Å². The molecule has 2 aromatic rings. The van der Waals surface area contributed by atoms with Gasteiger partial charge in [0.25, 0.3) is 0 Å². The molecule has 4 nitrogen and oxygen atoms in total. The lowest BCUT2D eigenvalue weighted by atomic mass is 10.1. The van der Waals surface area contributed by atoms with Crippen LogP contribution in [0.2, 0.25) is 5.15 Å². The minimum absolute atomic E-state index is 0.0606. The second-order valence-corrected chi connectivity index (χ2v) is 3.75. The molecule has 0 aromatic carbocycles. The molecule has 0 unspecified atom stereocenters. The molecule has 0 spiro atoms. The van der Waals surface area contributed by atoms with Gasteiger partial charge in [-0.25, -0.2) is 4.98 Å². The number of allylic oxidation sites excluding steroid dienone is 1. The Balaban J connectivity index is 2.59. The standard InChI is InChI=1S/C13H8ClN3O/c14-13-9(4-3-7-17-13)12(18)10(8-15)11-5-1-2-6-16-11/h1-7,18H. The highest BCUT2D eigenvalue weighted by Gasteiger charge is 2.14. The molecule has 0 aliphatic heterocycles. The van der Waals surface area contributed by atoms with E-state index in [1.165, 1.54) is 6.20 Å². The van der Waals surface area contributed by atoms with Crippen LogP contribution in [0.4, 0.5) is 0 Å². The third-order valence-corrected chi connectivity index (χ3v) is 2.59. The molecular formula is C13H8ClN3O. The van der Waals surface area contributed by atoms with Crippen molar-refractivity contribution in [1.82, 2.24) is 9.97 Å². The van der Waals surface area contributed by atoms with Gasteiger partial charge in [-0.05, 0) is 24.3 Å². The summed E-state index contributed by atoms with van der Waals surface area (Å²) in [7, 11) is 0. The zero-order valence-corrected chi connectivity index (χ0v) is 9.96. The maximum Gasteiger partial charge on any atom is 0.145 e. The van der Waals surface area contributed by atoms with Gasteiger partial charge in [-0.1, -0.05) is 17.7 Å². The lowest BCUT2D eigenvalue weighted by Gasteiger charge is -2.05. The average molecular weight is 258 g/mol. The van der Waals surface area contributed by atoms with Gasteiger partial charge < -0.3 is 5.11 Å². The maximum absolute atomic E-state index is 10.1. The first-order chi connectivity index (χ1) is 8.74. The Morgan fingerprint density at radius 3 is 2.56 bits per heavy atom. The summed E-state index contributed by atoms with van der Waals surface area (Å²) in [5.74, 6) is -0.227. The van der Waals surface area contributed by atoms with Crippen molar-refractivity contribution in [3.8, 4) is 6.07 Å². The Morgan fingerprint density at radius 1 is 1.17 bits per heavy atom. The van der Waals surface area contributed by atoms with E-state index in [1.54, 1.807) is 36.5 Å². The number of pyridine rings is 2. The summed E-state index contributed by atoms with van der Waals surface area (Å²) in [6.07, 6.45) is 3.05. The lowest BCUT2D eigenvalue weighted by Crippen LogP contribution is -1.94. The highest BCUT2D eigenvalue weighted by Crippen LogP contribution is 2.26. The normalized spacial score (nSPS) is 11.6. The minimum atomic E-state index is -0.227. The molecule has 18 heavy (non-hydrogen) atoms. The Morgan fingerprint density at radius 2 is 1.94 bits per heavy atom. The SMILES string of the molecule is N#CC(=C(O)c1cccnc1Cl)c1ccccn1. The number of nitrogens with zero attached hydrogens (tertiary/aromatic N) is 3. The van der Waals surface area contributed by atoms with E-state index in [2.05, 4.69) is 9.97 Å². The summed E-state index contributed by atoms with van der Waals surface area (Å²) in [6.45, 7) is 0. The number of hydrogen-bond acceptors (Lipinski definition) is 4. The van der Waals surface area contributed by atoms with E-state index >= 15 is 0 Å². The summed E-state index contributed by atoms with van der Waals surface area (Å²) in [4.78, 5) is 7.87. The number of hydrogen-bond donors (Lipinski definition) is 1. The first kappa shape index (κ1) is 12.1. The number of aliphatic hydroxyl groups is 1. The van der Waals surface area contributed by atoms with Crippen molar-refractivity contribution in [3.05, 3.63) is 59.1 Å². The monoisotopic (exact) mass is 257 g/mol. The molecule has 0 saturated carbocycles. The topological polar surface area (TPSA) is 69.8 Å². The van der Waals surface area contributed by atoms with Crippen LogP contribution in [0, 0.1) is 11.3 Å². The predicted octanol–water partition coefficient (Wildman–Crippen LogP) is 3.08. The number of nitriles is 1. The highest BCUT2D eigenvalue weighted by molar-refractivity contribution is 6.31. The second kappa shape index (κ2) is 5.30. The summed E-state index contributed by atoms with van der Waals surface area (Å²) < 4.78 is 0. The molecular weight excluding hydrogens is 250 g/mol. The van der Waals surface area contributed by atoms with Crippen LogP contribution in [0.25, 0.3) is 11.3 Å². The molecule has 88 valence electrons. The van der Waals surface area contributed by atoms with Gasteiger partial charge in [-0.15, -0.1) is 0 Å². The van der Waals surface area contributed by atoms with Crippen molar-refractivity contribution in [3.63, 3.8) is 0 Å². The van der Waals surface area contributed by atoms with Gasteiger partial charge in [0.1, 0.15) is 22.6 Å². The van der Waals surface area contributed by atoms with Crippen molar-refractivity contribution < 1.29 is 5.11 Å². The molecule has 2 rings (SSSR count). The van der Waals surface area contributed by atoms with Gasteiger partial charge in [0.15, 0.2) is 0 Å². The number of aliphatic hydroxyl groups excluding tert-OH is 1. The van der Waals surface area contributed by atoms with Crippen LogP contribution in [0.1, 0.15) is 11.3 Å². The van der Waals surface area contributed by atoms with Crippen LogP contribution >= 0.6 is 11.6 Å². The number of rotatable bonds is 2. The van der Waals surface area contributed by atoms with Gasteiger partial charge in [0, 0.05) is 12.4 Å². The molecule has 0 aliphatic rings. The van der Waals surface area contributed by atoms with Crippen LogP contribution in [0.3, 0.4) is 0 Å². The third kappa shape index (κ3) is 2.31. The van der Waals surface area contributed by atoms with Crippen molar-refractivity contribution >= 4 is 22.9 Å². The Bertz CT molecular complexity index is 632. The summed E-state index contributed by atoms with van der Waals surface area (Å²) in [5.41, 5.74) is 0.754. The first-order valence-electron chi connectivity index (χ1n) is 5.09. The van der Waals surface area contributed by atoms with Crippen molar-refractivity contribution in [2.24, 2.45) is 0 Å². The van der Waals surface area contributed by atoms with Gasteiger partial charge >= 0.3 is 0 Å². The van der Waals surface area contributed by atoms with Gasteiger partial charge in [-0.2, -0.15) is 5.26 Å². The zero-order valence-electron chi connectivity index (χ0n) is 9.21. The molecule has 0 fully saturated rings. The largest absolute Gasteiger partial charge is 0.506 e. The van der Waals surface area contributed by atoms with E-state index in [0.29, 0.717) is 11.3 Å². The van der Waals surface area contributed by atoms with Crippen LogP contribution in [0.15, 0.2) is 42.7 Å². The van der Waals surface area contributed by atoms with E-state index in [0.717, 1.165) is 0 Å². The van der Waals surface area contributed by atoms with Gasteiger partial charge in [0.05, 0.1) is 11.3 Å². The van der Waals surface area contributed by atoms with Crippen LogP contribution in [-0.2, 0) is 0 Å². The van der Waals surface area contributed by atoms with Crippen molar-refractivity contribution in [1.29, 1.82) is 5.26 Å². The molecule has 0 aliphatic carbocycles. The molecule has 0 bridgehead atoms. The van der Waals surface area contributed by atoms with E-state index in [9.17, 15) is 5.11 Å². The first-order valence-corrected chi connectivity index (χ1v) is 5.47.